The number of aromatic nitrogens is 1. The quantitative estimate of drug-likeness (QED) is 0.754. The van der Waals surface area contributed by atoms with Crippen LogP contribution in [0.5, 0.6) is 0 Å². The highest BCUT2D eigenvalue weighted by molar-refractivity contribution is 5.58. The van der Waals surface area contributed by atoms with Gasteiger partial charge in [0.2, 0.25) is 0 Å². The Morgan fingerprint density at radius 1 is 1.13 bits per heavy atom. The van der Waals surface area contributed by atoms with Crippen LogP contribution in [0.25, 0.3) is 11.3 Å². The molecule has 0 bridgehead atoms. The van der Waals surface area contributed by atoms with Crippen LogP contribution in [0.3, 0.4) is 0 Å². The van der Waals surface area contributed by atoms with E-state index < -0.39 is 0 Å². The maximum absolute atomic E-state index is 4.81. The van der Waals surface area contributed by atoms with Crippen LogP contribution in [0, 0.1) is 0 Å². The first-order chi connectivity index (χ1) is 7.40. The minimum Gasteiger partial charge on any atom is -0.364 e. The summed E-state index contributed by atoms with van der Waals surface area (Å²) in [6.07, 6.45) is 5.25. The largest absolute Gasteiger partial charge is 0.364 e. The van der Waals surface area contributed by atoms with Gasteiger partial charge in [0.1, 0.15) is 12.0 Å². The lowest BCUT2D eigenvalue weighted by atomic mass is 10.1. The van der Waals surface area contributed by atoms with Gasteiger partial charge in [0.15, 0.2) is 0 Å². The molecule has 0 saturated heterocycles. The molecule has 0 unspecified atom stereocenters. The van der Waals surface area contributed by atoms with Gasteiger partial charge < -0.3 is 4.52 Å². The SMILES string of the molecule is CCCCc1ccc(-c2ccon2)cc1. The van der Waals surface area contributed by atoms with E-state index in [4.69, 9.17) is 4.52 Å². The summed E-state index contributed by atoms with van der Waals surface area (Å²) in [6.45, 7) is 2.21. The Kier molecular flexibility index (Phi) is 3.18. The molecule has 1 aromatic carbocycles. The molecule has 2 rings (SSSR count). The Morgan fingerprint density at radius 2 is 1.93 bits per heavy atom. The van der Waals surface area contributed by atoms with Gasteiger partial charge in [-0.15, -0.1) is 0 Å². The molecule has 1 aromatic heterocycles. The zero-order valence-electron chi connectivity index (χ0n) is 8.94. The highest BCUT2D eigenvalue weighted by Gasteiger charge is 2.00. The topological polar surface area (TPSA) is 26.0 Å². The fourth-order valence-corrected chi connectivity index (χ4v) is 1.58. The molecule has 0 radical (unpaired) electrons. The third-order valence-electron chi connectivity index (χ3n) is 2.51. The number of hydrogen-bond acceptors (Lipinski definition) is 2. The first-order valence-electron chi connectivity index (χ1n) is 5.40. The Morgan fingerprint density at radius 3 is 2.53 bits per heavy atom. The Hall–Kier alpha value is -1.57. The van der Waals surface area contributed by atoms with Crippen LogP contribution in [-0.4, -0.2) is 5.16 Å². The molecule has 0 saturated carbocycles. The molecule has 0 aliphatic heterocycles. The highest BCUT2D eigenvalue weighted by atomic mass is 16.5. The van der Waals surface area contributed by atoms with E-state index in [-0.39, 0.29) is 0 Å². The standard InChI is InChI=1S/C13H15NO/c1-2-3-4-11-5-7-12(8-6-11)13-9-10-15-14-13/h5-10H,2-4H2,1H3. The molecule has 2 heteroatoms. The Bertz CT molecular complexity index is 389. The molecule has 2 nitrogen and oxygen atoms in total. The molecule has 0 amide bonds. The van der Waals surface area contributed by atoms with E-state index in [1.54, 1.807) is 6.26 Å². The number of hydrogen-bond donors (Lipinski definition) is 0. The van der Waals surface area contributed by atoms with Crippen LogP contribution < -0.4 is 0 Å². The summed E-state index contributed by atoms with van der Waals surface area (Å²) >= 11 is 0. The fraction of sp³-hybridized carbons (Fsp3) is 0.308. The molecule has 0 aliphatic rings. The fourth-order valence-electron chi connectivity index (χ4n) is 1.58. The summed E-state index contributed by atoms with van der Waals surface area (Å²) in [4.78, 5) is 0. The molecule has 2 aromatic rings. The van der Waals surface area contributed by atoms with E-state index in [9.17, 15) is 0 Å². The van der Waals surface area contributed by atoms with Crippen molar-refractivity contribution in [2.24, 2.45) is 0 Å². The van der Waals surface area contributed by atoms with E-state index >= 15 is 0 Å². The predicted molar refractivity (Wildman–Crippen MR) is 60.6 cm³/mol. The second kappa shape index (κ2) is 4.78. The smallest absolute Gasteiger partial charge is 0.124 e. The van der Waals surface area contributed by atoms with E-state index in [0.29, 0.717) is 0 Å². The van der Waals surface area contributed by atoms with Crippen molar-refractivity contribution in [2.45, 2.75) is 26.2 Å². The number of benzene rings is 1. The van der Waals surface area contributed by atoms with Gasteiger partial charge in [-0.25, -0.2) is 0 Å². The van der Waals surface area contributed by atoms with Gasteiger partial charge in [-0.3, -0.25) is 0 Å². The van der Waals surface area contributed by atoms with Gasteiger partial charge in [-0.05, 0) is 18.4 Å². The maximum atomic E-state index is 4.81. The van der Waals surface area contributed by atoms with Crippen LogP contribution in [0.4, 0.5) is 0 Å². The maximum Gasteiger partial charge on any atom is 0.124 e. The van der Waals surface area contributed by atoms with Crippen molar-refractivity contribution in [3.05, 3.63) is 42.2 Å². The zero-order valence-corrected chi connectivity index (χ0v) is 8.94. The van der Waals surface area contributed by atoms with Crippen LogP contribution >= 0.6 is 0 Å². The number of aryl methyl sites for hydroxylation is 1. The average Bonchev–Trinajstić information content (AvgIpc) is 2.80. The third kappa shape index (κ3) is 2.46. The third-order valence-corrected chi connectivity index (χ3v) is 2.51. The number of nitrogens with zero attached hydrogens (tertiary/aromatic N) is 1. The van der Waals surface area contributed by atoms with E-state index in [1.165, 1.54) is 18.4 Å². The molecule has 15 heavy (non-hydrogen) atoms. The van der Waals surface area contributed by atoms with Crippen molar-refractivity contribution in [1.29, 1.82) is 0 Å². The lowest BCUT2D eigenvalue weighted by Crippen LogP contribution is -1.84. The lowest BCUT2D eigenvalue weighted by Gasteiger charge is -2.00. The lowest BCUT2D eigenvalue weighted by molar-refractivity contribution is 0.422. The summed E-state index contributed by atoms with van der Waals surface area (Å²) in [5.41, 5.74) is 3.41. The van der Waals surface area contributed by atoms with E-state index in [0.717, 1.165) is 17.7 Å². The predicted octanol–water partition coefficient (Wildman–Crippen LogP) is 3.68. The van der Waals surface area contributed by atoms with Crippen LogP contribution in [0.15, 0.2) is 41.1 Å². The summed E-state index contributed by atoms with van der Waals surface area (Å²) < 4.78 is 4.81. The number of unbranched alkanes of at least 4 members (excludes halogenated alkanes) is 1. The molecule has 1 heterocycles. The normalized spacial score (nSPS) is 10.5. The van der Waals surface area contributed by atoms with Crippen molar-refractivity contribution < 1.29 is 4.52 Å². The Labute approximate surface area is 89.9 Å². The van der Waals surface area contributed by atoms with Gasteiger partial charge >= 0.3 is 0 Å². The molecule has 0 N–H and O–H groups in total. The summed E-state index contributed by atoms with van der Waals surface area (Å²) in [5.74, 6) is 0. The van der Waals surface area contributed by atoms with Gasteiger partial charge in [0, 0.05) is 11.6 Å². The van der Waals surface area contributed by atoms with Crippen molar-refractivity contribution >= 4 is 0 Å². The van der Waals surface area contributed by atoms with Crippen LogP contribution in [-0.2, 0) is 6.42 Å². The molecule has 0 spiro atoms. The molecule has 78 valence electrons. The van der Waals surface area contributed by atoms with Crippen LogP contribution in [0.2, 0.25) is 0 Å². The first-order valence-corrected chi connectivity index (χ1v) is 5.40. The Balaban J connectivity index is 2.11. The van der Waals surface area contributed by atoms with Crippen molar-refractivity contribution in [2.75, 3.05) is 0 Å². The van der Waals surface area contributed by atoms with Crippen molar-refractivity contribution in [1.82, 2.24) is 5.16 Å². The second-order valence-electron chi connectivity index (χ2n) is 3.69. The average molecular weight is 201 g/mol. The second-order valence-corrected chi connectivity index (χ2v) is 3.69. The minimum atomic E-state index is 0.900. The van der Waals surface area contributed by atoms with Gasteiger partial charge in [-0.1, -0.05) is 42.8 Å². The minimum absolute atomic E-state index is 0.900. The molecule has 0 fully saturated rings. The van der Waals surface area contributed by atoms with Gasteiger partial charge in [0.05, 0.1) is 0 Å². The van der Waals surface area contributed by atoms with Crippen molar-refractivity contribution in [3.8, 4) is 11.3 Å². The van der Waals surface area contributed by atoms with Gasteiger partial charge in [0.25, 0.3) is 0 Å². The highest BCUT2D eigenvalue weighted by Crippen LogP contribution is 2.18. The molecular weight excluding hydrogens is 186 g/mol. The number of rotatable bonds is 4. The van der Waals surface area contributed by atoms with Gasteiger partial charge in [-0.2, -0.15) is 0 Å². The van der Waals surface area contributed by atoms with Crippen LogP contribution in [0.1, 0.15) is 25.3 Å². The monoisotopic (exact) mass is 201 g/mol. The zero-order chi connectivity index (χ0) is 10.5. The van der Waals surface area contributed by atoms with Crippen molar-refractivity contribution in [3.63, 3.8) is 0 Å². The summed E-state index contributed by atoms with van der Waals surface area (Å²) in [7, 11) is 0. The van der Waals surface area contributed by atoms with E-state index in [2.05, 4.69) is 36.3 Å². The summed E-state index contributed by atoms with van der Waals surface area (Å²) in [6, 6.07) is 10.4. The first kappa shape index (κ1) is 9.97. The molecule has 0 atom stereocenters. The molecular formula is C13H15NO. The summed E-state index contributed by atoms with van der Waals surface area (Å²) in [5, 5.41) is 3.90. The van der Waals surface area contributed by atoms with E-state index in [1.807, 2.05) is 6.07 Å². The molecule has 0 aliphatic carbocycles.